The fourth-order valence-electron chi connectivity index (χ4n) is 2.91. The average molecular weight is 489 g/mol. The van der Waals surface area contributed by atoms with Crippen molar-refractivity contribution in [1.82, 2.24) is 15.5 Å². The second kappa shape index (κ2) is 11.5. The van der Waals surface area contributed by atoms with Crippen molar-refractivity contribution in [2.45, 2.75) is 65.6 Å². The molecule has 11 heteroatoms. The Bertz CT molecular complexity index is 989. The molecule has 32 heavy (non-hydrogen) atoms. The topological polar surface area (TPSA) is 94.0 Å². The van der Waals surface area contributed by atoms with E-state index in [0.29, 0.717) is 6.04 Å². The van der Waals surface area contributed by atoms with Gasteiger partial charge in [0, 0.05) is 21.4 Å². The minimum absolute atomic E-state index is 0.0465. The van der Waals surface area contributed by atoms with E-state index < -0.39 is 11.9 Å². The maximum absolute atomic E-state index is 12.0. The summed E-state index contributed by atoms with van der Waals surface area (Å²) in [5.41, 5.74) is 5.32. The number of hydrogen-bond donors (Lipinski definition) is 2. The van der Waals surface area contributed by atoms with Crippen LogP contribution in [0.5, 0.6) is 0 Å². The number of halogens is 3. The highest BCUT2D eigenvalue weighted by Crippen LogP contribution is 2.34. The van der Waals surface area contributed by atoms with Gasteiger partial charge >= 0.3 is 6.18 Å². The van der Waals surface area contributed by atoms with E-state index in [2.05, 4.69) is 15.5 Å². The summed E-state index contributed by atoms with van der Waals surface area (Å²) in [5, 5.41) is 6.58. The lowest BCUT2D eigenvalue weighted by Gasteiger charge is -2.10. The van der Waals surface area contributed by atoms with E-state index in [9.17, 15) is 18.0 Å². The minimum Gasteiger partial charge on any atom is -0.375 e. The highest BCUT2D eigenvalue weighted by molar-refractivity contribution is 7.15. The van der Waals surface area contributed by atoms with Crippen molar-refractivity contribution in [3.8, 4) is 0 Å². The zero-order valence-corrected chi connectivity index (χ0v) is 20.0. The van der Waals surface area contributed by atoms with Gasteiger partial charge in [-0.15, -0.1) is 22.7 Å². The van der Waals surface area contributed by atoms with Crippen molar-refractivity contribution in [1.29, 1.82) is 0 Å². The number of hydrogen-bond acceptors (Lipinski definition) is 7. The molecule has 0 radical (unpaired) electrons. The van der Waals surface area contributed by atoms with Crippen molar-refractivity contribution in [3.05, 3.63) is 50.0 Å². The van der Waals surface area contributed by atoms with Crippen LogP contribution in [0.3, 0.4) is 0 Å². The molecule has 176 valence electrons. The molecule has 0 aromatic carbocycles. The van der Waals surface area contributed by atoms with E-state index >= 15 is 0 Å². The predicted octanol–water partition coefficient (Wildman–Crippen LogP) is 6.07. The van der Waals surface area contributed by atoms with Gasteiger partial charge in [-0.2, -0.15) is 13.2 Å². The van der Waals surface area contributed by atoms with Crippen LogP contribution >= 0.6 is 22.7 Å². The normalized spacial score (nSPS) is 13.7. The van der Waals surface area contributed by atoms with Gasteiger partial charge in [0.05, 0.1) is 11.1 Å². The standard InChI is InChI=1S/C11H15NOS.C5H5F3N2S.C5H7NO/c1-8-6-7-10(14-8)11(13)12-9-4-2-3-5-9;1-2-3(5(6,7)8)10-4(9)11-2;1-4-3-6-7-5(4)2/h6-7,9H,2-5H2,1H3,(H,12,13);1H3,(H2,9,10);3H,1-2H3. The van der Waals surface area contributed by atoms with Crippen LogP contribution in [0.1, 0.15) is 62.1 Å². The minimum atomic E-state index is -4.38. The lowest BCUT2D eigenvalue weighted by atomic mass is 10.2. The summed E-state index contributed by atoms with van der Waals surface area (Å²) in [6, 6.07) is 4.32. The first kappa shape index (κ1) is 25.9. The van der Waals surface area contributed by atoms with Crippen LogP contribution in [0.25, 0.3) is 0 Å². The Balaban J connectivity index is 0.000000180. The molecule has 0 spiro atoms. The lowest BCUT2D eigenvalue weighted by Crippen LogP contribution is -2.31. The van der Waals surface area contributed by atoms with Crippen LogP contribution in [0.15, 0.2) is 22.9 Å². The third-order valence-corrected chi connectivity index (χ3v) is 6.53. The molecule has 0 saturated heterocycles. The maximum atomic E-state index is 12.0. The Morgan fingerprint density at radius 1 is 1.16 bits per heavy atom. The van der Waals surface area contributed by atoms with E-state index in [4.69, 9.17) is 10.3 Å². The monoisotopic (exact) mass is 488 g/mol. The average Bonchev–Trinajstić information content (AvgIpc) is 3.48. The van der Waals surface area contributed by atoms with Gasteiger partial charge in [0.1, 0.15) is 5.76 Å². The Kier molecular flexibility index (Phi) is 9.26. The van der Waals surface area contributed by atoms with E-state index in [0.717, 1.165) is 40.4 Å². The molecule has 0 bridgehead atoms. The molecule has 1 aliphatic rings. The van der Waals surface area contributed by atoms with Crippen molar-refractivity contribution in [2.24, 2.45) is 0 Å². The number of carbonyl (C=O) groups excluding carboxylic acids is 1. The number of aromatic nitrogens is 2. The third kappa shape index (κ3) is 7.94. The van der Waals surface area contributed by atoms with Gasteiger partial charge in [0.15, 0.2) is 10.8 Å². The number of nitrogen functional groups attached to an aromatic ring is 1. The van der Waals surface area contributed by atoms with E-state index in [1.54, 1.807) is 17.5 Å². The van der Waals surface area contributed by atoms with Gasteiger partial charge in [-0.25, -0.2) is 4.98 Å². The number of aryl methyl sites for hydroxylation is 4. The highest BCUT2D eigenvalue weighted by atomic mass is 32.1. The van der Waals surface area contributed by atoms with Crippen molar-refractivity contribution in [3.63, 3.8) is 0 Å². The van der Waals surface area contributed by atoms with Gasteiger partial charge in [-0.1, -0.05) is 18.0 Å². The van der Waals surface area contributed by atoms with E-state index in [1.807, 2.05) is 32.9 Å². The number of nitrogens with two attached hydrogens (primary N) is 1. The SMILES string of the molecule is Cc1ccc(C(=O)NC2CCCC2)s1.Cc1cnoc1C.Cc1sc(N)nc1C(F)(F)F. The fraction of sp³-hybridized carbons (Fsp3) is 0.476. The summed E-state index contributed by atoms with van der Waals surface area (Å²) in [7, 11) is 0. The number of carbonyl (C=O) groups is 1. The fourth-order valence-corrected chi connectivity index (χ4v) is 4.39. The van der Waals surface area contributed by atoms with Crippen LogP contribution in [0.4, 0.5) is 18.3 Å². The molecule has 1 amide bonds. The zero-order chi connectivity index (χ0) is 23.9. The first-order chi connectivity index (χ1) is 15.0. The van der Waals surface area contributed by atoms with Crippen LogP contribution in [0.2, 0.25) is 0 Å². The van der Waals surface area contributed by atoms with E-state index in [-0.39, 0.29) is 15.9 Å². The summed E-state index contributed by atoms with van der Waals surface area (Å²) >= 11 is 2.41. The number of nitrogens with one attached hydrogen (secondary N) is 1. The van der Waals surface area contributed by atoms with Gasteiger partial charge in [0.25, 0.3) is 5.91 Å². The molecule has 1 saturated carbocycles. The van der Waals surface area contributed by atoms with Gasteiger partial charge in [-0.05, 0) is 52.7 Å². The quantitative estimate of drug-likeness (QED) is 0.456. The maximum Gasteiger partial charge on any atom is 0.434 e. The number of rotatable bonds is 2. The van der Waals surface area contributed by atoms with Gasteiger partial charge < -0.3 is 15.6 Å². The summed E-state index contributed by atoms with van der Waals surface area (Å²) in [4.78, 5) is 17.0. The van der Waals surface area contributed by atoms with Crippen molar-refractivity contribution >= 4 is 33.7 Å². The molecule has 3 aromatic rings. The van der Waals surface area contributed by atoms with Crippen LogP contribution in [0, 0.1) is 27.7 Å². The number of amides is 1. The molecule has 4 rings (SSSR count). The number of alkyl halides is 3. The Hall–Kier alpha value is -2.40. The molecule has 3 N–H and O–H groups in total. The highest BCUT2D eigenvalue weighted by Gasteiger charge is 2.35. The number of thiophene rings is 1. The largest absolute Gasteiger partial charge is 0.434 e. The summed E-state index contributed by atoms with van der Waals surface area (Å²) in [6.07, 6.45) is 2.14. The first-order valence-electron chi connectivity index (χ1n) is 10.0. The van der Waals surface area contributed by atoms with Gasteiger partial charge in [0.2, 0.25) is 0 Å². The lowest BCUT2D eigenvalue weighted by molar-refractivity contribution is -0.141. The smallest absolute Gasteiger partial charge is 0.375 e. The molecule has 0 unspecified atom stereocenters. The molecule has 1 aliphatic carbocycles. The zero-order valence-electron chi connectivity index (χ0n) is 18.4. The second-order valence-corrected chi connectivity index (χ2v) is 9.91. The summed E-state index contributed by atoms with van der Waals surface area (Å²) < 4.78 is 40.6. The van der Waals surface area contributed by atoms with Crippen LogP contribution in [-0.2, 0) is 6.18 Å². The van der Waals surface area contributed by atoms with E-state index in [1.165, 1.54) is 24.6 Å². The number of nitrogens with zero attached hydrogens (tertiary/aromatic N) is 2. The second-order valence-electron chi connectivity index (χ2n) is 7.38. The van der Waals surface area contributed by atoms with Crippen LogP contribution in [-0.4, -0.2) is 22.1 Å². The number of thiazole rings is 1. The summed E-state index contributed by atoms with van der Waals surface area (Å²) in [6.45, 7) is 7.22. The molecule has 0 atom stereocenters. The van der Waals surface area contributed by atoms with Crippen molar-refractivity contribution in [2.75, 3.05) is 5.73 Å². The molecular formula is C21H27F3N4O2S2. The Morgan fingerprint density at radius 2 is 1.81 bits per heavy atom. The number of anilines is 1. The van der Waals surface area contributed by atoms with Gasteiger partial charge in [-0.3, -0.25) is 4.79 Å². The van der Waals surface area contributed by atoms with Crippen molar-refractivity contribution < 1.29 is 22.5 Å². The van der Waals surface area contributed by atoms with Crippen LogP contribution < -0.4 is 11.1 Å². The molecule has 0 aliphatic heterocycles. The molecule has 3 aromatic heterocycles. The Labute approximate surface area is 193 Å². The molecule has 1 fully saturated rings. The molecule has 3 heterocycles. The summed E-state index contributed by atoms with van der Waals surface area (Å²) in [5.74, 6) is 1.01. The molecular weight excluding hydrogens is 461 g/mol. The molecule has 6 nitrogen and oxygen atoms in total. The first-order valence-corrected chi connectivity index (χ1v) is 11.7. The third-order valence-electron chi connectivity index (χ3n) is 4.73. The Morgan fingerprint density at radius 3 is 2.16 bits per heavy atom. The predicted molar refractivity (Wildman–Crippen MR) is 121 cm³/mol.